The van der Waals surface area contributed by atoms with Gasteiger partial charge in [-0.1, -0.05) is 13.8 Å². The van der Waals surface area contributed by atoms with Crippen LogP contribution in [0.4, 0.5) is 0 Å². The molecule has 1 N–H and O–H groups in total. The summed E-state index contributed by atoms with van der Waals surface area (Å²) in [6.45, 7) is 10.6. The minimum atomic E-state index is -0.578. The zero-order valence-electron chi connectivity index (χ0n) is 13.9. The zero-order valence-corrected chi connectivity index (χ0v) is 13.9. The Bertz CT molecular complexity index is 309. The summed E-state index contributed by atoms with van der Waals surface area (Å²) in [6, 6.07) is 1.08. The molecule has 3 atom stereocenters. The molecular formula is C16H32N2O2. The summed E-state index contributed by atoms with van der Waals surface area (Å²) >= 11 is 0. The minimum absolute atomic E-state index is 0.148. The quantitative estimate of drug-likeness (QED) is 0.696. The predicted molar refractivity (Wildman–Crippen MR) is 82.8 cm³/mol. The Kier molecular flexibility index (Phi) is 6.96. The maximum atomic E-state index is 12.1. The standard InChI is InChI=1S/C16H32N2O2/c1-6-10-17-16(4,15(19)20-5)12-13(3)18-11-8-9-14(18)7-2/h13-14,17H,6-12H2,1-5H3. The van der Waals surface area contributed by atoms with Crippen LogP contribution < -0.4 is 5.32 Å². The monoisotopic (exact) mass is 284 g/mol. The molecule has 1 aliphatic rings. The van der Waals surface area contributed by atoms with E-state index in [9.17, 15) is 4.79 Å². The van der Waals surface area contributed by atoms with Gasteiger partial charge >= 0.3 is 5.97 Å². The van der Waals surface area contributed by atoms with Gasteiger partial charge in [-0.25, -0.2) is 0 Å². The fourth-order valence-corrected chi connectivity index (χ4v) is 3.44. The molecule has 4 heteroatoms. The number of nitrogens with one attached hydrogen (secondary N) is 1. The Balaban J connectivity index is 2.70. The first-order valence-electron chi connectivity index (χ1n) is 8.07. The largest absolute Gasteiger partial charge is 0.468 e. The van der Waals surface area contributed by atoms with Crippen molar-refractivity contribution in [3.8, 4) is 0 Å². The molecule has 118 valence electrons. The second kappa shape index (κ2) is 7.99. The van der Waals surface area contributed by atoms with Crippen molar-refractivity contribution in [2.45, 2.75) is 77.4 Å². The number of rotatable bonds is 8. The number of carbonyl (C=O) groups excluding carboxylic acids is 1. The molecule has 0 aromatic heterocycles. The van der Waals surface area contributed by atoms with Crippen LogP contribution in [0, 0.1) is 0 Å². The second-order valence-corrected chi connectivity index (χ2v) is 6.25. The lowest BCUT2D eigenvalue weighted by Crippen LogP contribution is -2.54. The molecule has 1 rings (SSSR count). The molecule has 20 heavy (non-hydrogen) atoms. The number of hydrogen-bond donors (Lipinski definition) is 1. The van der Waals surface area contributed by atoms with E-state index in [2.05, 4.69) is 31.0 Å². The van der Waals surface area contributed by atoms with Gasteiger partial charge in [0.1, 0.15) is 5.54 Å². The van der Waals surface area contributed by atoms with Crippen molar-refractivity contribution in [3.05, 3.63) is 0 Å². The van der Waals surface area contributed by atoms with Crippen molar-refractivity contribution in [2.24, 2.45) is 0 Å². The van der Waals surface area contributed by atoms with Crippen LogP contribution in [0.25, 0.3) is 0 Å². The average Bonchev–Trinajstić information content (AvgIpc) is 2.92. The zero-order chi connectivity index (χ0) is 15.2. The van der Waals surface area contributed by atoms with Crippen LogP contribution in [-0.4, -0.2) is 48.7 Å². The summed E-state index contributed by atoms with van der Waals surface area (Å²) in [6.07, 6.45) is 5.58. The smallest absolute Gasteiger partial charge is 0.325 e. The van der Waals surface area contributed by atoms with E-state index in [1.807, 2.05) is 6.92 Å². The number of esters is 1. The molecule has 3 unspecified atom stereocenters. The Hall–Kier alpha value is -0.610. The van der Waals surface area contributed by atoms with Crippen LogP contribution in [0.3, 0.4) is 0 Å². The van der Waals surface area contributed by atoms with E-state index >= 15 is 0 Å². The molecule has 0 saturated carbocycles. The molecule has 1 fully saturated rings. The van der Waals surface area contributed by atoms with Crippen LogP contribution in [-0.2, 0) is 9.53 Å². The lowest BCUT2D eigenvalue weighted by atomic mass is 9.92. The van der Waals surface area contributed by atoms with Crippen LogP contribution >= 0.6 is 0 Å². The maximum Gasteiger partial charge on any atom is 0.325 e. The molecule has 1 heterocycles. The molecule has 0 amide bonds. The SMILES string of the molecule is CCCNC(C)(CC(C)N1CCCC1CC)C(=O)OC. The van der Waals surface area contributed by atoms with Crippen molar-refractivity contribution in [3.63, 3.8) is 0 Å². The first kappa shape index (κ1) is 17.4. The van der Waals surface area contributed by atoms with Gasteiger partial charge in [-0.2, -0.15) is 0 Å². The number of nitrogens with zero attached hydrogens (tertiary/aromatic N) is 1. The highest BCUT2D eigenvalue weighted by Crippen LogP contribution is 2.27. The third-order valence-electron chi connectivity index (χ3n) is 4.56. The summed E-state index contributed by atoms with van der Waals surface area (Å²) in [5, 5.41) is 3.38. The first-order valence-corrected chi connectivity index (χ1v) is 8.07. The lowest BCUT2D eigenvalue weighted by molar-refractivity contribution is -0.148. The van der Waals surface area contributed by atoms with Gasteiger partial charge in [-0.15, -0.1) is 0 Å². The van der Waals surface area contributed by atoms with Crippen molar-refractivity contribution in [1.29, 1.82) is 0 Å². The van der Waals surface area contributed by atoms with Gasteiger partial charge in [-0.3, -0.25) is 9.69 Å². The molecule has 4 nitrogen and oxygen atoms in total. The van der Waals surface area contributed by atoms with Gasteiger partial charge in [0.2, 0.25) is 0 Å². The van der Waals surface area contributed by atoms with Crippen molar-refractivity contribution in [1.82, 2.24) is 10.2 Å². The summed E-state index contributed by atoms with van der Waals surface area (Å²) in [4.78, 5) is 14.7. The summed E-state index contributed by atoms with van der Waals surface area (Å²) < 4.78 is 5.01. The molecule has 0 spiro atoms. The first-order chi connectivity index (χ1) is 9.48. The number of methoxy groups -OCH3 is 1. The van der Waals surface area contributed by atoms with Crippen LogP contribution in [0.15, 0.2) is 0 Å². The Labute approximate surface area is 124 Å². The predicted octanol–water partition coefficient (Wildman–Crippen LogP) is 2.57. The fraction of sp³-hybridized carbons (Fsp3) is 0.938. The molecule has 1 saturated heterocycles. The van der Waals surface area contributed by atoms with Gasteiger partial charge in [0.25, 0.3) is 0 Å². The fourth-order valence-electron chi connectivity index (χ4n) is 3.44. The highest BCUT2D eigenvalue weighted by atomic mass is 16.5. The van der Waals surface area contributed by atoms with E-state index < -0.39 is 5.54 Å². The maximum absolute atomic E-state index is 12.1. The topological polar surface area (TPSA) is 41.6 Å². The third kappa shape index (κ3) is 4.19. The van der Waals surface area contributed by atoms with E-state index in [0.29, 0.717) is 12.1 Å². The number of carbonyl (C=O) groups is 1. The van der Waals surface area contributed by atoms with Gasteiger partial charge < -0.3 is 10.1 Å². The minimum Gasteiger partial charge on any atom is -0.468 e. The summed E-state index contributed by atoms with van der Waals surface area (Å²) in [7, 11) is 1.48. The van der Waals surface area contributed by atoms with Gasteiger partial charge in [0.05, 0.1) is 7.11 Å². The van der Waals surface area contributed by atoms with Crippen molar-refractivity contribution >= 4 is 5.97 Å². The van der Waals surface area contributed by atoms with Gasteiger partial charge in [-0.05, 0) is 59.0 Å². The molecule has 0 aromatic carbocycles. The number of ether oxygens (including phenoxy) is 1. The Morgan fingerprint density at radius 2 is 2.20 bits per heavy atom. The highest BCUT2D eigenvalue weighted by molar-refractivity contribution is 5.80. The van der Waals surface area contributed by atoms with Crippen LogP contribution in [0.1, 0.15) is 59.8 Å². The number of hydrogen-bond acceptors (Lipinski definition) is 4. The Morgan fingerprint density at radius 3 is 2.75 bits per heavy atom. The number of likely N-dealkylation sites (tertiary alicyclic amines) is 1. The molecule has 0 aromatic rings. The van der Waals surface area contributed by atoms with E-state index in [0.717, 1.165) is 25.9 Å². The normalized spacial score (nSPS) is 24.4. The highest BCUT2D eigenvalue weighted by Gasteiger charge is 2.38. The summed E-state index contributed by atoms with van der Waals surface area (Å²) in [5.41, 5.74) is -0.578. The van der Waals surface area contributed by atoms with E-state index in [1.54, 1.807) is 0 Å². The van der Waals surface area contributed by atoms with E-state index in [4.69, 9.17) is 4.74 Å². The molecule has 0 bridgehead atoms. The Morgan fingerprint density at radius 1 is 1.50 bits per heavy atom. The molecule has 0 radical (unpaired) electrons. The molecular weight excluding hydrogens is 252 g/mol. The van der Waals surface area contributed by atoms with E-state index in [-0.39, 0.29) is 5.97 Å². The second-order valence-electron chi connectivity index (χ2n) is 6.25. The van der Waals surface area contributed by atoms with E-state index in [1.165, 1.54) is 26.4 Å². The summed E-state index contributed by atoms with van der Waals surface area (Å²) in [5.74, 6) is -0.148. The van der Waals surface area contributed by atoms with Crippen molar-refractivity contribution in [2.75, 3.05) is 20.2 Å². The third-order valence-corrected chi connectivity index (χ3v) is 4.56. The van der Waals surface area contributed by atoms with Crippen LogP contribution in [0.5, 0.6) is 0 Å². The van der Waals surface area contributed by atoms with Gasteiger partial charge in [0.15, 0.2) is 0 Å². The molecule has 0 aliphatic carbocycles. The molecule has 1 aliphatic heterocycles. The lowest BCUT2D eigenvalue weighted by Gasteiger charge is -2.36. The van der Waals surface area contributed by atoms with Gasteiger partial charge in [0, 0.05) is 12.1 Å². The van der Waals surface area contributed by atoms with Crippen molar-refractivity contribution < 1.29 is 9.53 Å². The van der Waals surface area contributed by atoms with Crippen LogP contribution in [0.2, 0.25) is 0 Å². The average molecular weight is 284 g/mol.